The molecule has 0 rings (SSSR count). The highest BCUT2D eigenvalue weighted by Crippen LogP contribution is 2.14. The third-order valence-electron chi connectivity index (χ3n) is 7.56. The molecule has 0 spiro atoms. The molecule has 6 heteroatoms. The summed E-state index contributed by atoms with van der Waals surface area (Å²) in [5, 5.41) is 19.6. The molecule has 0 amide bonds. The molecule has 268 valence electrons. The Balaban J connectivity index is 3.86. The molecule has 0 aliphatic carbocycles. The van der Waals surface area contributed by atoms with Crippen molar-refractivity contribution in [2.24, 2.45) is 5.92 Å². The van der Waals surface area contributed by atoms with Crippen molar-refractivity contribution in [3.8, 4) is 0 Å². The Hall–Kier alpha value is -2.70. The van der Waals surface area contributed by atoms with E-state index in [-0.39, 0.29) is 25.4 Å². The van der Waals surface area contributed by atoms with Gasteiger partial charge in [0, 0.05) is 12.8 Å². The zero-order chi connectivity index (χ0) is 34.6. The van der Waals surface area contributed by atoms with Crippen LogP contribution in [0.15, 0.2) is 72.9 Å². The number of hydrogen-bond donors (Lipinski definition) is 2. The minimum absolute atomic E-state index is 0.000244. The van der Waals surface area contributed by atoms with Crippen LogP contribution in [-0.4, -0.2) is 47.6 Å². The second-order valence-electron chi connectivity index (χ2n) is 12.6. The third kappa shape index (κ3) is 34.5. The Labute approximate surface area is 287 Å². The topological polar surface area (TPSA) is 93.1 Å². The summed E-state index contributed by atoms with van der Waals surface area (Å²) in [6, 6.07) is 0. The summed E-state index contributed by atoms with van der Waals surface area (Å²) in [7, 11) is 0. The first-order chi connectivity index (χ1) is 22.9. The number of carbonyl (C=O) groups excluding carboxylic acids is 2. The van der Waals surface area contributed by atoms with Crippen molar-refractivity contribution in [2.45, 2.75) is 155 Å². The van der Waals surface area contributed by atoms with Crippen molar-refractivity contribution >= 4 is 11.9 Å². The van der Waals surface area contributed by atoms with Crippen molar-refractivity contribution in [2.75, 3.05) is 13.2 Å². The van der Waals surface area contributed by atoms with Gasteiger partial charge in [0.2, 0.25) is 0 Å². The molecule has 0 aromatic carbocycles. The highest BCUT2D eigenvalue weighted by atomic mass is 16.6. The zero-order valence-electron chi connectivity index (χ0n) is 30.0. The van der Waals surface area contributed by atoms with Crippen LogP contribution < -0.4 is 0 Å². The Bertz CT molecular complexity index is 911. The van der Waals surface area contributed by atoms with E-state index in [4.69, 9.17) is 9.47 Å². The highest BCUT2D eigenvalue weighted by molar-refractivity contribution is 5.70. The van der Waals surface area contributed by atoms with E-state index in [0.717, 1.165) is 57.3 Å². The predicted octanol–water partition coefficient (Wildman–Crippen LogP) is 10.2. The molecular weight excluding hydrogens is 588 g/mol. The maximum absolute atomic E-state index is 12.2. The number of rotatable bonds is 31. The number of aliphatic hydroxyl groups is 2. The van der Waals surface area contributed by atoms with E-state index in [1.807, 2.05) is 12.2 Å². The molecule has 0 bridgehead atoms. The maximum atomic E-state index is 12.2. The lowest BCUT2D eigenvalue weighted by molar-refractivity contribution is -0.161. The first-order valence-electron chi connectivity index (χ1n) is 18.5. The van der Waals surface area contributed by atoms with Gasteiger partial charge in [0.15, 0.2) is 6.10 Å². The summed E-state index contributed by atoms with van der Waals surface area (Å²) in [6.45, 7) is 6.12. The molecule has 2 N–H and O–H groups in total. The number of allylic oxidation sites excluding steroid dienone is 11. The van der Waals surface area contributed by atoms with Crippen molar-refractivity contribution in [1.82, 2.24) is 0 Å². The van der Waals surface area contributed by atoms with Gasteiger partial charge in [0.05, 0.1) is 12.7 Å². The summed E-state index contributed by atoms with van der Waals surface area (Å²) in [5.41, 5.74) is 0. The number of hydrogen-bond acceptors (Lipinski definition) is 6. The van der Waals surface area contributed by atoms with Crippen LogP contribution >= 0.6 is 0 Å². The Morgan fingerprint density at radius 2 is 1.13 bits per heavy atom. The van der Waals surface area contributed by atoms with Gasteiger partial charge in [-0.15, -0.1) is 0 Å². The molecule has 0 saturated carbocycles. The second-order valence-corrected chi connectivity index (χ2v) is 12.6. The fraction of sp³-hybridized carbons (Fsp3) is 0.659. The fourth-order valence-electron chi connectivity index (χ4n) is 4.73. The Morgan fingerprint density at radius 1 is 0.617 bits per heavy atom. The molecule has 1 unspecified atom stereocenters. The van der Waals surface area contributed by atoms with E-state index in [1.165, 1.54) is 51.4 Å². The van der Waals surface area contributed by atoms with Crippen molar-refractivity contribution in [1.29, 1.82) is 0 Å². The molecule has 0 radical (unpaired) electrons. The molecule has 2 atom stereocenters. The summed E-state index contributed by atoms with van der Waals surface area (Å²) in [6.07, 6.45) is 41.5. The molecular formula is C41H68O6. The predicted molar refractivity (Wildman–Crippen MR) is 197 cm³/mol. The first-order valence-corrected chi connectivity index (χ1v) is 18.5. The van der Waals surface area contributed by atoms with Gasteiger partial charge in [-0.1, -0.05) is 158 Å². The summed E-state index contributed by atoms with van der Waals surface area (Å²) < 4.78 is 10.4. The number of esters is 2. The van der Waals surface area contributed by atoms with E-state index >= 15 is 0 Å². The van der Waals surface area contributed by atoms with Gasteiger partial charge in [-0.2, -0.15) is 0 Å². The van der Waals surface area contributed by atoms with E-state index in [0.29, 0.717) is 6.42 Å². The second kappa shape index (κ2) is 34.6. The van der Waals surface area contributed by atoms with Crippen LogP contribution in [-0.2, 0) is 19.1 Å². The number of unbranched alkanes of at least 4 members (excludes halogenated alkanes) is 9. The van der Waals surface area contributed by atoms with E-state index < -0.39 is 24.8 Å². The van der Waals surface area contributed by atoms with E-state index in [9.17, 15) is 19.8 Å². The van der Waals surface area contributed by atoms with Gasteiger partial charge in [-0.25, -0.2) is 0 Å². The minimum Gasteiger partial charge on any atom is -0.462 e. The molecule has 0 aliphatic rings. The first kappa shape index (κ1) is 44.3. The molecule has 6 nitrogen and oxygen atoms in total. The SMILES string of the molecule is CC/C=C\C/C=C\C/C=C\C/C=C\C/C=C\C=C/C(O)CCC(=O)O[C@@H](CO)COC(=O)CCCCCCCCCCCCC(C)C. The number of aliphatic hydroxyl groups excluding tert-OH is 2. The van der Waals surface area contributed by atoms with Crippen LogP contribution in [0.4, 0.5) is 0 Å². The van der Waals surface area contributed by atoms with Crippen LogP contribution in [0, 0.1) is 5.92 Å². The average molecular weight is 657 g/mol. The van der Waals surface area contributed by atoms with Gasteiger partial charge in [-0.05, 0) is 50.9 Å². The smallest absolute Gasteiger partial charge is 0.306 e. The summed E-state index contributed by atoms with van der Waals surface area (Å²) >= 11 is 0. The monoisotopic (exact) mass is 657 g/mol. The largest absolute Gasteiger partial charge is 0.462 e. The lowest BCUT2D eigenvalue weighted by atomic mass is 10.0. The van der Waals surface area contributed by atoms with Crippen LogP contribution in [0.5, 0.6) is 0 Å². The maximum Gasteiger partial charge on any atom is 0.306 e. The normalized spacial score (nSPS) is 13.8. The Morgan fingerprint density at radius 3 is 1.66 bits per heavy atom. The fourth-order valence-corrected chi connectivity index (χ4v) is 4.73. The van der Waals surface area contributed by atoms with Gasteiger partial charge in [-0.3, -0.25) is 9.59 Å². The van der Waals surface area contributed by atoms with Gasteiger partial charge in [0.1, 0.15) is 6.61 Å². The van der Waals surface area contributed by atoms with E-state index in [2.05, 4.69) is 69.4 Å². The third-order valence-corrected chi connectivity index (χ3v) is 7.56. The zero-order valence-corrected chi connectivity index (χ0v) is 30.0. The lowest BCUT2D eigenvalue weighted by Crippen LogP contribution is -2.28. The molecule has 0 fully saturated rings. The molecule has 0 aliphatic heterocycles. The van der Waals surface area contributed by atoms with Crippen LogP contribution in [0.3, 0.4) is 0 Å². The molecule has 0 heterocycles. The Kier molecular flexibility index (Phi) is 32.6. The molecule has 0 aromatic heterocycles. The summed E-state index contributed by atoms with van der Waals surface area (Å²) in [5.74, 6) is -0.0680. The van der Waals surface area contributed by atoms with Crippen LogP contribution in [0.2, 0.25) is 0 Å². The minimum atomic E-state index is -0.897. The quantitative estimate of drug-likeness (QED) is 0.0334. The van der Waals surface area contributed by atoms with Crippen LogP contribution in [0.1, 0.15) is 143 Å². The number of carbonyl (C=O) groups is 2. The number of ether oxygens (including phenoxy) is 2. The van der Waals surface area contributed by atoms with Gasteiger partial charge >= 0.3 is 11.9 Å². The molecule has 0 aromatic rings. The van der Waals surface area contributed by atoms with Crippen LogP contribution in [0.25, 0.3) is 0 Å². The van der Waals surface area contributed by atoms with Crippen molar-refractivity contribution in [3.63, 3.8) is 0 Å². The van der Waals surface area contributed by atoms with Gasteiger partial charge < -0.3 is 19.7 Å². The molecule has 47 heavy (non-hydrogen) atoms. The average Bonchev–Trinajstić information content (AvgIpc) is 3.05. The van der Waals surface area contributed by atoms with E-state index in [1.54, 1.807) is 12.2 Å². The lowest BCUT2D eigenvalue weighted by Gasteiger charge is -2.16. The van der Waals surface area contributed by atoms with Gasteiger partial charge in [0.25, 0.3) is 0 Å². The standard InChI is InChI=1S/C41H68O6/c1-4-5-6-7-8-9-10-11-12-13-14-15-19-22-25-28-31-38(43)33-34-41(45)47-39(35-42)36-46-40(44)32-29-26-23-20-17-16-18-21-24-27-30-37(2)3/h5-6,8-9,11-12,14-15,22,25,28,31,37-39,42-43H,4,7,10,13,16-21,23-24,26-27,29-30,32-36H2,1-3H3/b6-5-,9-8-,12-11-,15-14-,25-22-,31-28-/t38?,39-/m0/s1. The highest BCUT2D eigenvalue weighted by Gasteiger charge is 2.17. The summed E-state index contributed by atoms with van der Waals surface area (Å²) in [4.78, 5) is 24.2. The molecule has 0 saturated heterocycles. The van der Waals surface area contributed by atoms with Crippen molar-refractivity contribution < 1.29 is 29.3 Å². The van der Waals surface area contributed by atoms with Crippen molar-refractivity contribution in [3.05, 3.63) is 72.9 Å².